The molecule has 26 heavy (non-hydrogen) atoms. The van der Waals surface area contributed by atoms with E-state index in [1.165, 1.54) is 18.3 Å². The summed E-state index contributed by atoms with van der Waals surface area (Å²) in [6.45, 7) is 0.151. The molecule has 0 aliphatic rings. The molecule has 0 unspecified atom stereocenters. The first kappa shape index (κ1) is 17.6. The van der Waals surface area contributed by atoms with Gasteiger partial charge in [-0.05, 0) is 18.2 Å². The van der Waals surface area contributed by atoms with Crippen LogP contribution in [0.15, 0.2) is 41.1 Å². The van der Waals surface area contributed by atoms with Crippen molar-refractivity contribution in [1.29, 1.82) is 0 Å². The van der Waals surface area contributed by atoms with E-state index in [1.807, 2.05) is 31.1 Å². The lowest BCUT2D eigenvalue weighted by atomic mass is 10.2. The second-order valence-corrected chi connectivity index (χ2v) is 5.47. The van der Waals surface area contributed by atoms with Crippen LogP contribution >= 0.6 is 0 Å². The van der Waals surface area contributed by atoms with E-state index >= 15 is 0 Å². The first-order chi connectivity index (χ1) is 12.3. The average molecular weight is 365 g/mol. The summed E-state index contributed by atoms with van der Waals surface area (Å²) in [4.78, 5) is 13.6. The molecule has 0 bridgehead atoms. The van der Waals surface area contributed by atoms with Crippen LogP contribution in [0, 0.1) is 0 Å². The highest BCUT2D eigenvalue weighted by molar-refractivity contribution is 5.55. The predicted molar refractivity (Wildman–Crippen MR) is 85.4 cm³/mol. The fourth-order valence-electron chi connectivity index (χ4n) is 2.03. The normalized spacial score (nSPS) is 11.4. The maximum atomic E-state index is 12.6. The molecule has 0 saturated heterocycles. The minimum atomic E-state index is -4.69. The number of hydrogen-bond acceptors (Lipinski definition) is 7. The summed E-state index contributed by atoms with van der Waals surface area (Å²) in [6.07, 6.45) is -3.31. The summed E-state index contributed by atoms with van der Waals surface area (Å²) in [7, 11) is 3.75. The number of anilines is 1. The van der Waals surface area contributed by atoms with Crippen LogP contribution in [0.5, 0.6) is 5.88 Å². The van der Waals surface area contributed by atoms with Crippen molar-refractivity contribution in [2.24, 2.45) is 0 Å². The quantitative estimate of drug-likeness (QED) is 0.687. The number of ether oxygens (including phenoxy) is 1. The van der Waals surface area contributed by atoms with E-state index in [2.05, 4.69) is 24.6 Å². The van der Waals surface area contributed by atoms with Crippen molar-refractivity contribution < 1.29 is 22.4 Å². The maximum Gasteiger partial charge on any atom is 0.471 e. The van der Waals surface area contributed by atoms with Gasteiger partial charge in [-0.3, -0.25) is 0 Å². The molecule has 3 rings (SSSR count). The van der Waals surface area contributed by atoms with Crippen molar-refractivity contribution >= 4 is 5.82 Å². The number of hydrogen-bond donors (Lipinski definition) is 0. The van der Waals surface area contributed by atoms with Crippen LogP contribution in [-0.2, 0) is 12.8 Å². The molecule has 3 aromatic rings. The Hall–Kier alpha value is -3.17. The first-order valence-corrected chi connectivity index (χ1v) is 7.46. The van der Waals surface area contributed by atoms with Gasteiger partial charge in [0, 0.05) is 31.9 Å². The molecular formula is C16H14F3N5O2. The van der Waals surface area contributed by atoms with Gasteiger partial charge in [-0.2, -0.15) is 18.2 Å². The Kier molecular flexibility index (Phi) is 4.74. The number of halogens is 3. The second-order valence-electron chi connectivity index (χ2n) is 5.47. The van der Waals surface area contributed by atoms with Crippen molar-refractivity contribution in [2.45, 2.75) is 12.8 Å². The molecule has 0 atom stereocenters. The smallest absolute Gasteiger partial charge is 0.471 e. The summed E-state index contributed by atoms with van der Waals surface area (Å²) in [5.74, 6) is -0.619. The standard InChI is InChI=1S/C16H14F3N5O2/c1-24(2)12-5-3-4-11(21-12)9-25-13-8-10(6-7-20-13)14-22-15(26-23-14)16(17,18)19/h3-8H,9H2,1-2H3. The van der Waals surface area contributed by atoms with Gasteiger partial charge in [-0.25, -0.2) is 9.97 Å². The largest absolute Gasteiger partial charge is 0.471 e. The summed E-state index contributed by atoms with van der Waals surface area (Å²) >= 11 is 0. The van der Waals surface area contributed by atoms with E-state index in [9.17, 15) is 13.2 Å². The maximum absolute atomic E-state index is 12.6. The van der Waals surface area contributed by atoms with Crippen LogP contribution in [0.2, 0.25) is 0 Å². The van der Waals surface area contributed by atoms with Crippen LogP contribution in [0.1, 0.15) is 11.6 Å². The van der Waals surface area contributed by atoms with Crippen LogP contribution in [0.25, 0.3) is 11.4 Å². The monoisotopic (exact) mass is 365 g/mol. The highest BCUT2D eigenvalue weighted by Crippen LogP contribution is 2.29. The molecule has 0 aliphatic heterocycles. The molecule has 0 aromatic carbocycles. The van der Waals surface area contributed by atoms with Crippen molar-refractivity contribution in [3.05, 3.63) is 48.1 Å². The molecule has 0 radical (unpaired) electrons. The molecule has 136 valence electrons. The lowest BCUT2D eigenvalue weighted by Gasteiger charge is -2.12. The molecule has 7 nitrogen and oxygen atoms in total. The Morgan fingerprint density at radius 2 is 1.96 bits per heavy atom. The summed E-state index contributed by atoms with van der Waals surface area (Å²) in [5.41, 5.74) is 0.978. The molecule has 10 heteroatoms. The second kappa shape index (κ2) is 6.98. The SMILES string of the molecule is CN(C)c1cccc(COc2cc(-c3noc(C(F)(F)F)n3)ccn2)n1. The summed E-state index contributed by atoms with van der Waals surface area (Å²) in [5, 5.41) is 3.34. The average Bonchev–Trinajstić information content (AvgIpc) is 3.11. The van der Waals surface area contributed by atoms with Crippen LogP contribution in [0.4, 0.5) is 19.0 Å². The fourth-order valence-corrected chi connectivity index (χ4v) is 2.03. The highest BCUT2D eigenvalue weighted by Gasteiger charge is 2.38. The molecule has 3 aromatic heterocycles. The third kappa shape index (κ3) is 4.08. The Balaban J connectivity index is 1.74. The van der Waals surface area contributed by atoms with Crippen molar-refractivity contribution in [3.63, 3.8) is 0 Å². The van der Waals surface area contributed by atoms with Crippen molar-refractivity contribution in [1.82, 2.24) is 20.1 Å². The van der Waals surface area contributed by atoms with E-state index in [4.69, 9.17) is 4.74 Å². The summed E-state index contributed by atoms with van der Waals surface area (Å²) in [6, 6.07) is 8.40. The Labute approximate surface area is 146 Å². The van der Waals surface area contributed by atoms with Gasteiger partial charge < -0.3 is 14.2 Å². The van der Waals surface area contributed by atoms with Gasteiger partial charge in [0.05, 0.1) is 5.69 Å². The van der Waals surface area contributed by atoms with E-state index < -0.39 is 12.1 Å². The molecular weight excluding hydrogens is 351 g/mol. The van der Waals surface area contributed by atoms with Crippen LogP contribution in [0.3, 0.4) is 0 Å². The van der Waals surface area contributed by atoms with Crippen LogP contribution in [-0.4, -0.2) is 34.2 Å². The van der Waals surface area contributed by atoms with Gasteiger partial charge in [-0.1, -0.05) is 11.2 Å². The number of nitrogens with zero attached hydrogens (tertiary/aromatic N) is 5. The van der Waals surface area contributed by atoms with Gasteiger partial charge in [0.25, 0.3) is 0 Å². The molecule has 3 heterocycles. The van der Waals surface area contributed by atoms with Gasteiger partial charge in [-0.15, -0.1) is 0 Å². The van der Waals surface area contributed by atoms with Gasteiger partial charge in [0.1, 0.15) is 12.4 Å². The third-order valence-corrected chi connectivity index (χ3v) is 3.28. The molecule has 0 aliphatic carbocycles. The third-order valence-electron chi connectivity index (χ3n) is 3.28. The van der Waals surface area contributed by atoms with Gasteiger partial charge in [0.15, 0.2) is 0 Å². The summed E-state index contributed by atoms with van der Waals surface area (Å²) < 4.78 is 47.4. The van der Waals surface area contributed by atoms with Crippen molar-refractivity contribution in [2.75, 3.05) is 19.0 Å². The zero-order valence-corrected chi connectivity index (χ0v) is 13.9. The van der Waals surface area contributed by atoms with E-state index in [0.717, 1.165) is 5.82 Å². The number of alkyl halides is 3. The highest BCUT2D eigenvalue weighted by atomic mass is 19.4. The fraction of sp³-hybridized carbons (Fsp3) is 0.250. The van der Waals surface area contributed by atoms with Crippen LogP contribution < -0.4 is 9.64 Å². The lowest BCUT2D eigenvalue weighted by molar-refractivity contribution is -0.159. The Morgan fingerprint density at radius 1 is 1.15 bits per heavy atom. The van der Waals surface area contributed by atoms with E-state index in [1.54, 1.807) is 6.07 Å². The molecule has 0 spiro atoms. The van der Waals surface area contributed by atoms with Gasteiger partial charge >= 0.3 is 12.1 Å². The Bertz CT molecular complexity index is 895. The van der Waals surface area contributed by atoms with Gasteiger partial charge in [0.2, 0.25) is 11.7 Å². The zero-order chi connectivity index (χ0) is 18.7. The van der Waals surface area contributed by atoms with Crippen molar-refractivity contribution in [3.8, 4) is 17.3 Å². The molecule has 0 saturated carbocycles. The lowest BCUT2D eigenvalue weighted by Crippen LogP contribution is -2.11. The topological polar surface area (TPSA) is 77.2 Å². The minimum Gasteiger partial charge on any atom is -0.471 e. The predicted octanol–water partition coefficient (Wildman–Crippen LogP) is 3.19. The Morgan fingerprint density at radius 3 is 2.65 bits per heavy atom. The zero-order valence-electron chi connectivity index (χ0n) is 13.9. The molecule has 0 fully saturated rings. The number of rotatable bonds is 5. The first-order valence-electron chi connectivity index (χ1n) is 7.46. The molecule has 0 N–H and O–H groups in total. The number of pyridine rings is 2. The van der Waals surface area contributed by atoms with E-state index in [0.29, 0.717) is 11.3 Å². The minimum absolute atomic E-state index is 0.151. The molecule has 0 amide bonds. The number of aromatic nitrogens is 4. The van der Waals surface area contributed by atoms with E-state index in [-0.39, 0.29) is 18.3 Å².